The number of aryl methyl sites for hydroxylation is 2. The Kier molecular flexibility index (Phi) is 5.06. The lowest BCUT2D eigenvalue weighted by Gasteiger charge is -2.06. The number of hydrogen-bond donors (Lipinski definition) is 0. The zero-order valence-electron chi connectivity index (χ0n) is 11.0. The molecule has 100 valence electrons. The molecule has 0 heterocycles. The van der Waals surface area contributed by atoms with E-state index in [-0.39, 0.29) is 5.82 Å². The number of rotatable bonds is 4. The number of hydrogen-bond acceptors (Lipinski definition) is 1. The molecule has 0 atom stereocenters. The number of halogens is 2. The standard InChI is InChI=1S/C16H16BrFS/c1-11-3-12(2)5-13(4-11)9-19-10-14-6-15(17)8-16(18)7-14/h3-8H,9-10H2,1-2H3. The summed E-state index contributed by atoms with van der Waals surface area (Å²) in [5, 5.41) is 0. The van der Waals surface area contributed by atoms with Crippen molar-refractivity contribution in [2.45, 2.75) is 25.4 Å². The van der Waals surface area contributed by atoms with E-state index in [4.69, 9.17) is 0 Å². The summed E-state index contributed by atoms with van der Waals surface area (Å²) in [5.41, 5.74) is 4.94. The van der Waals surface area contributed by atoms with Crippen molar-refractivity contribution in [3.63, 3.8) is 0 Å². The van der Waals surface area contributed by atoms with Gasteiger partial charge in [-0.15, -0.1) is 0 Å². The summed E-state index contributed by atoms with van der Waals surface area (Å²) in [4.78, 5) is 0. The molecule has 0 aliphatic heterocycles. The summed E-state index contributed by atoms with van der Waals surface area (Å²) in [5.74, 6) is 1.59. The Bertz CT molecular complexity index is 489. The third kappa shape index (κ3) is 4.66. The molecule has 0 saturated carbocycles. The van der Waals surface area contributed by atoms with Crippen LogP contribution in [0.1, 0.15) is 22.3 Å². The maximum Gasteiger partial charge on any atom is 0.124 e. The van der Waals surface area contributed by atoms with Crippen LogP contribution in [0.5, 0.6) is 0 Å². The summed E-state index contributed by atoms with van der Waals surface area (Å²) < 4.78 is 14.0. The van der Waals surface area contributed by atoms with Gasteiger partial charge in [0.15, 0.2) is 0 Å². The highest BCUT2D eigenvalue weighted by atomic mass is 79.9. The lowest BCUT2D eigenvalue weighted by molar-refractivity contribution is 0.625. The molecule has 0 amide bonds. The van der Waals surface area contributed by atoms with Crippen LogP contribution >= 0.6 is 27.7 Å². The van der Waals surface area contributed by atoms with Crippen molar-refractivity contribution in [1.29, 1.82) is 0 Å². The van der Waals surface area contributed by atoms with E-state index in [9.17, 15) is 4.39 Å². The van der Waals surface area contributed by atoms with E-state index in [0.717, 1.165) is 21.5 Å². The normalized spacial score (nSPS) is 10.7. The summed E-state index contributed by atoms with van der Waals surface area (Å²) in [6, 6.07) is 11.6. The van der Waals surface area contributed by atoms with Crippen LogP contribution in [0.3, 0.4) is 0 Å². The lowest BCUT2D eigenvalue weighted by Crippen LogP contribution is -1.88. The fourth-order valence-electron chi connectivity index (χ4n) is 2.13. The van der Waals surface area contributed by atoms with Crippen molar-refractivity contribution in [1.82, 2.24) is 0 Å². The van der Waals surface area contributed by atoms with Crippen LogP contribution < -0.4 is 0 Å². The Morgan fingerprint density at radius 3 is 2.05 bits per heavy atom. The molecule has 0 unspecified atom stereocenters. The van der Waals surface area contributed by atoms with Gasteiger partial charge in [0, 0.05) is 16.0 Å². The Hall–Kier alpha value is -0.800. The molecule has 0 aromatic heterocycles. The monoisotopic (exact) mass is 338 g/mol. The van der Waals surface area contributed by atoms with Gasteiger partial charge in [-0.1, -0.05) is 45.3 Å². The number of benzene rings is 2. The molecule has 0 nitrogen and oxygen atoms in total. The molecule has 0 bridgehead atoms. The highest BCUT2D eigenvalue weighted by Crippen LogP contribution is 2.22. The second-order valence-corrected chi connectivity index (χ2v) is 6.67. The molecule has 2 aromatic carbocycles. The molecule has 2 aromatic rings. The first-order valence-electron chi connectivity index (χ1n) is 6.13. The second-order valence-electron chi connectivity index (χ2n) is 4.77. The van der Waals surface area contributed by atoms with Gasteiger partial charge in [-0.05, 0) is 43.2 Å². The third-order valence-electron chi connectivity index (χ3n) is 2.74. The minimum atomic E-state index is -0.184. The largest absolute Gasteiger partial charge is 0.207 e. The first kappa shape index (κ1) is 14.6. The molecule has 0 fully saturated rings. The molecule has 0 aliphatic rings. The Morgan fingerprint density at radius 2 is 1.47 bits per heavy atom. The quantitative estimate of drug-likeness (QED) is 0.695. The molecule has 0 aliphatic carbocycles. The first-order chi connectivity index (χ1) is 9.02. The summed E-state index contributed by atoms with van der Waals surface area (Å²) in [6.07, 6.45) is 0. The molecule has 0 spiro atoms. The van der Waals surface area contributed by atoms with Gasteiger partial charge in [-0.3, -0.25) is 0 Å². The summed E-state index contributed by atoms with van der Waals surface area (Å²) >= 11 is 5.13. The number of thioether (sulfide) groups is 1. The van der Waals surface area contributed by atoms with E-state index in [1.54, 1.807) is 17.8 Å². The molecule has 3 heteroatoms. The summed E-state index contributed by atoms with van der Waals surface area (Å²) in [7, 11) is 0. The van der Waals surface area contributed by atoms with Crippen molar-refractivity contribution in [3.8, 4) is 0 Å². The van der Waals surface area contributed by atoms with Crippen LogP contribution in [0.25, 0.3) is 0 Å². The topological polar surface area (TPSA) is 0 Å². The van der Waals surface area contributed by atoms with Gasteiger partial charge >= 0.3 is 0 Å². The third-order valence-corrected chi connectivity index (χ3v) is 4.27. The molecular formula is C16H16BrFS. The van der Waals surface area contributed by atoms with Gasteiger partial charge in [0.2, 0.25) is 0 Å². The average molecular weight is 339 g/mol. The predicted molar refractivity (Wildman–Crippen MR) is 85.0 cm³/mol. The maximum atomic E-state index is 13.2. The fraction of sp³-hybridized carbons (Fsp3) is 0.250. The molecule has 0 N–H and O–H groups in total. The molecular weight excluding hydrogens is 323 g/mol. The van der Waals surface area contributed by atoms with Crippen molar-refractivity contribution in [3.05, 3.63) is 68.9 Å². The molecule has 0 radical (unpaired) electrons. The van der Waals surface area contributed by atoms with Gasteiger partial charge < -0.3 is 0 Å². The Labute approximate surface area is 126 Å². The van der Waals surface area contributed by atoms with E-state index >= 15 is 0 Å². The molecule has 19 heavy (non-hydrogen) atoms. The van der Waals surface area contributed by atoms with E-state index in [2.05, 4.69) is 48.0 Å². The Morgan fingerprint density at radius 1 is 0.895 bits per heavy atom. The molecule has 2 rings (SSSR count). The Balaban J connectivity index is 1.96. The van der Waals surface area contributed by atoms with E-state index in [1.165, 1.54) is 22.8 Å². The average Bonchev–Trinajstić information content (AvgIpc) is 2.26. The summed E-state index contributed by atoms with van der Waals surface area (Å²) in [6.45, 7) is 4.23. The van der Waals surface area contributed by atoms with Crippen LogP contribution in [0.2, 0.25) is 0 Å². The van der Waals surface area contributed by atoms with Crippen LogP contribution in [-0.2, 0) is 11.5 Å². The second kappa shape index (κ2) is 6.58. The predicted octanol–water partition coefficient (Wildman–Crippen LogP) is 5.64. The van der Waals surface area contributed by atoms with E-state index < -0.39 is 0 Å². The zero-order valence-corrected chi connectivity index (χ0v) is 13.4. The van der Waals surface area contributed by atoms with Gasteiger partial charge in [0.1, 0.15) is 5.82 Å². The van der Waals surface area contributed by atoms with Crippen LogP contribution in [-0.4, -0.2) is 0 Å². The zero-order chi connectivity index (χ0) is 13.8. The minimum absolute atomic E-state index is 0.184. The van der Waals surface area contributed by atoms with E-state index in [1.807, 2.05) is 6.07 Å². The van der Waals surface area contributed by atoms with Gasteiger partial charge in [-0.2, -0.15) is 11.8 Å². The minimum Gasteiger partial charge on any atom is -0.207 e. The maximum absolute atomic E-state index is 13.2. The van der Waals surface area contributed by atoms with Crippen LogP contribution in [0.4, 0.5) is 4.39 Å². The molecule has 0 saturated heterocycles. The SMILES string of the molecule is Cc1cc(C)cc(CSCc2cc(F)cc(Br)c2)c1. The van der Waals surface area contributed by atoms with Crippen molar-refractivity contribution in [2.75, 3.05) is 0 Å². The highest BCUT2D eigenvalue weighted by Gasteiger charge is 2.01. The van der Waals surface area contributed by atoms with Gasteiger partial charge in [0.25, 0.3) is 0 Å². The van der Waals surface area contributed by atoms with Crippen molar-refractivity contribution < 1.29 is 4.39 Å². The van der Waals surface area contributed by atoms with Crippen molar-refractivity contribution >= 4 is 27.7 Å². The lowest BCUT2D eigenvalue weighted by atomic mass is 10.1. The fourth-order valence-corrected chi connectivity index (χ4v) is 3.55. The van der Waals surface area contributed by atoms with Gasteiger partial charge in [0.05, 0.1) is 0 Å². The van der Waals surface area contributed by atoms with Crippen LogP contribution in [0.15, 0.2) is 40.9 Å². The van der Waals surface area contributed by atoms with Crippen LogP contribution in [0, 0.1) is 19.7 Å². The van der Waals surface area contributed by atoms with E-state index in [0.29, 0.717) is 0 Å². The van der Waals surface area contributed by atoms with Gasteiger partial charge in [-0.25, -0.2) is 4.39 Å². The highest BCUT2D eigenvalue weighted by molar-refractivity contribution is 9.10. The first-order valence-corrected chi connectivity index (χ1v) is 8.07. The van der Waals surface area contributed by atoms with Crippen molar-refractivity contribution in [2.24, 2.45) is 0 Å². The smallest absolute Gasteiger partial charge is 0.124 e.